The molecule has 0 aliphatic rings. The van der Waals surface area contributed by atoms with Crippen LogP contribution in [0.2, 0.25) is 0 Å². The number of rotatable bonds is 3. The first-order valence-electron chi connectivity index (χ1n) is 5.42. The van der Waals surface area contributed by atoms with E-state index in [9.17, 15) is 13.6 Å². The van der Waals surface area contributed by atoms with Crippen molar-refractivity contribution < 1.29 is 13.6 Å². The van der Waals surface area contributed by atoms with Gasteiger partial charge in [-0.25, -0.2) is 8.78 Å². The summed E-state index contributed by atoms with van der Waals surface area (Å²) < 4.78 is 27.5. The van der Waals surface area contributed by atoms with Gasteiger partial charge in [-0.15, -0.1) is 11.3 Å². The molecule has 1 aromatic heterocycles. The van der Waals surface area contributed by atoms with Crippen LogP contribution < -0.4 is 0 Å². The number of carbonyl (C=O) groups is 1. The van der Waals surface area contributed by atoms with E-state index in [2.05, 4.69) is 15.9 Å². The second-order valence-electron chi connectivity index (χ2n) is 3.99. The number of amides is 1. The van der Waals surface area contributed by atoms with Crippen molar-refractivity contribution in [2.45, 2.75) is 6.54 Å². The lowest BCUT2D eigenvalue weighted by Gasteiger charge is -2.16. The number of carbonyl (C=O) groups excluding carboxylic acids is 1. The molecule has 0 spiro atoms. The van der Waals surface area contributed by atoms with Gasteiger partial charge in [0.15, 0.2) is 0 Å². The van der Waals surface area contributed by atoms with Gasteiger partial charge < -0.3 is 4.90 Å². The summed E-state index contributed by atoms with van der Waals surface area (Å²) >= 11 is 4.82. The van der Waals surface area contributed by atoms with E-state index in [1.54, 1.807) is 7.05 Å². The average molecular weight is 346 g/mol. The zero-order valence-corrected chi connectivity index (χ0v) is 12.4. The van der Waals surface area contributed by atoms with E-state index in [4.69, 9.17) is 0 Å². The summed E-state index contributed by atoms with van der Waals surface area (Å²) in [6.07, 6.45) is 0. The Bertz CT molecular complexity index is 614. The highest BCUT2D eigenvalue weighted by Gasteiger charge is 2.17. The summed E-state index contributed by atoms with van der Waals surface area (Å²) in [7, 11) is 1.56. The van der Waals surface area contributed by atoms with E-state index in [0.717, 1.165) is 26.9 Å². The Morgan fingerprint density at radius 2 is 2.05 bits per heavy atom. The summed E-state index contributed by atoms with van der Waals surface area (Å²) in [5.41, 5.74) is -0.252. The van der Waals surface area contributed by atoms with Gasteiger partial charge in [-0.1, -0.05) is 0 Å². The zero-order valence-electron chi connectivity index (χ0n) is 9.99. The van der Waals surface area contributed by atoms with Crippen LogP contribution in [0.1, 0.15) is 15.2 Å². The summed E-state index contributed by atoms with van der Waals surface area (Å²) in [6.45, 7) is 0.352. The van der Waals surface area contributed by atoms with Crippen LogP contribution >= 0.6 is 27.3 Å². The standard InChI is InChI=1S/C13H10BrF2NOS/c1-17(7-9-3-5-12(14)19-9)13(18)10-6-8(15)2-4-11(10)16/h2-6H,7H2,1H3. The number of hydrogen-bond donors (Lipinski definition) is 0. The fraction of sp³-hybridized carbons (Fsp3) is 0.154. The predicted molar refractivity (Wildman–Crippen MR) is 74.2 cm³/mol. The largest absolute Gasteiger partial charge is 0.336 e. The molecule has 0 aliphatic heterocycles. The Balaban J connectivity index is 2.16. The molecular formula is C13H10BrF2NOS. The van der Waals surface area contributed by atoms with Gasteiger partial charge >= 0.3 is 0 Å². The summed E-state index contributed by atoms with van der Waals surface area (Å²) in [4.78, 5) is 14.4. The lowest BCUT2D eigenvalue weighted by molar-refractivity contribution is 0.0781. The number of nitrogens with zero attached hydrogens (tertiary/aromatic N) is 1. The normalized spacial score (nSPS) is 10.5. The third-order valence-electron chi connectivity index (χ3n) is 2.53. The molecule has 2 rings (SSSR count). The third-order valence-corrected chi connectivity index (χ3v) is 4.14. The topological polar surface area (TPSA) is 20.3 Å². The van der Waals surface area contributed by atoms with Crippen molar-refractivity contribution in [3.63, 3.8) is 0 Å². The monoisotopic (exact) mass is 345 g/mol. The lowest BCUT2D eigenvalue weighted by Crippen LogP contribution is -2.26. The maximum atomic E-state index is 13.5. The Kier molecular flexibility index (Phi) is 4.31. The Labute approximate surface area is 121 Å². The summed E-state index contributed by atoms with van der Waals surface area (Å²) in [5.74, 6) is -1.89. The van der Waals surface area contributed by atoms with Gasteiger partial charge in [0.05, 0.1) is 15.9 Å². The first-order valence-corrected chi connectivity index (χ1v) is 7.03. The Hall–Kier alpha value is -1.27. The van der Waals surface area contributed by atoms with Crippen LogP contribution in [-0.2, 0) is 6.54 Å². The van der Waals surface area contributed by atoms with E-state index in [-0.39, 0.29) is 5.56 Å². The SMILES string of the molecule is CN(Cc1ccc(Br)s1)C(=O)c1cc(F)ccc1F. The van der Waals surface area contributed by atoms with Crippen molar-refractivity contribution in [2.24, 2.45) is 0 Å². The molecule has 0 aliphatic carbocycles. The highest BCUT2D eigenvalue weighted by atomic mass is 79.9. The Morgan fingerprint density at radius 1 is 1.32 bits per heavy atom. The van der Waals surface area contributed by atoms with Crippen molar-refractivity contribution in [1.29, 1.82) is 0 Å². The molecule has 0 radical (unpaired) electrons. The number of halogens is 3. The quantitative estimate of drug-likeness (QED) is 0.821. The van der Waals surface area contributed by atoms with Crippen molar-refractivity contribution in [1.82, 2.24) is 4.90 Å². The minimum atomic E-state index is -0.717. The van der Waals surface area contributed by atoms with Crippen LogP contribution in [0.25, 0.3) is 0 Å². The molecule has 19 heavy (non-hydrogen) atoms. The molecule has 0 bridgehead atoms. The molecular weight excluding hydrogens is 336 g/mol. The van der Waals surface area contributed by atoms with Crippen LogP contribution in [0.5, 0.6) is 0 Å². The van der Waals surface area contributed by atoms with E-state index in [0.29, 0.717) is 6.54 Å². The third kappa shape index (κ3) is 3.39. The van der Waals surface area contributed by atoms with Gasteiger partial charge in [0, 0.05) is 11.9 Å². The van der Waals surface area contributed by atoms with Crippen molar-refractivity contribution in [2.75, 3.05) is 7.05 Å². The van der Waals surface area contributed by atoms with E-state index >= 15 is 0 Å². The van der Waals surface area contributed by atoms with E-state index in [1.807, 2.05) is 12.1 Å². The molecule has 6 heteroatoms. The minimum Gasteiger partial charge on any atom is -0.336 e. The molecule has 1 heterocycles. The number of thiophene rings is 1. The molecule has 1 aromatic carbocycles. The molecule has 0 saturated carbocycles. The van der Waals surface area contributed by atoms with Crippen LogP contribution in [-0.4, -0.2) is 17.9 Å². The van der Waals surface area contributed by atoms with Gasteiger partial charge in [-0.2, -0.15) is 0 Å². The predicted octanol–water partition coefficient (Wildman–Crippen LogP) is 4.06. The first-order chi connectivity index (χ1) is 8.97. The molecule has 2 nitrogen and oxygen atoms in total. The van der Waals surface area contributed by atoms with Gasteiger partial charge in [0.25, 0.3) is 5.91 Å². The molecule has 100 valence electrons. The summed E-state index contributed by atoms with van der Waals surface area (Å²) in [6, 6.07) is 6.61. The van der Waals surface area contributed by atoms with Crippen LogP contribution in [0.15, 0.2) is 34.1 Å². The van der Waals surface area contributed by atoms with Crippen LogP contribution in [0, 0.1) is 11.6 Å². The van der Waals surface area contributed by atoms with E-state index < -0.39 is 17.5 Å². The van der Waals surface area contributed by atoms with Crippen LogP contribution in [0.3, 0.4) is 0 Å². The smallest absolute Gasteiger partial charge is 0.257 e. The molecule has 0 atom stereocenters. The molecule has 0 saturated heterocycles. The number of benzene rings is 1. The van der Waals surface area contributed by atoms with Gasteiger partial charge in [-0.3, -0.25) is 4.79 Å². The summed E-state index contributed by atoms with van der Waals surface area (Å²) in [5, 5.41) is 0. The van der Waals surface area contributed by atoms with Gasteiger partial charge in [0.1, 0.15) is 11.6 Å². The molecule has 0 unspecified atom stereocenters. The van der Waals surface area contributed by atoms with Crippen LogP contribution in [0.4, 0.5) is 8.78 Å². The first kappa shape index (κ1) is 14.1. The molecule has 2 aromatic rings. The lowest BCUT2D eigenvalue weighted by atomic mass is 10.2. The van der Waals surface area contributed by atoms with Gasteiger partial charge in [-0.05, 0) is 46.3 Å². The maximum absolute atomic E-state index is 13.5. The number of hydrogen-bond acceptors (Lipinski definition) is 2. The average Bonchev–Trinajstić information content (AvgIpc) is 2.77. The molecule has 0 fully saturated rings. The highest BCUT2D eigenvalue weighted by Crippen LogP contribution is 2.23. The highest BCUT2D eigenvalue weighted by molar-refractivity contribution is 9.11. The second-order valence-corrected chi connectivity index (χ2v) is 6.54. The second kappa shape index (κ2) is 5.79. The van der Waals surface area contributed by atoms with Crippen molar-refractivity contribution in [3.8, 4) is 0 Å². The molecule has 0 N–H and O–H groups in total. The fourth-order valence-corrected chi connectivity index (χ4v) is 3.15. The fourth-order valence-electron chi connectivity index (χ4n) is 1.61. The van der Waals surface area contributed by atoms with Gasteiger partial charge in [0.2, 0.25) is 0 Å². The van der Waals surface area contributed by atoms with E-state index in [1.165, 1.54) is 16.2 Å². The Morgan fingerprint density at radius 3 is 2.68 bits per heavy atom. The maximum Gasteiger partial charge on any atom is 0.257 e. The zero-order chi connectivity index (χ0) is 14.0. The molecule has 1 amide bonds. The van der Waals surface area contributed by atoms with Crippen molar-refractivity contribution >= 4 is 33.2 Å². The van der Waals surface area contributed by atoms with Crippen molar-refractivity contribution in [3.05, 3.63) is 56.2 Å². The minimum absolute atomic E-state index is 0.252.